The Morgan fingerprint density at radius 2 is 2.35 bits per heavy atom. The van der Waals surface area contributed by atoms with Gasteiger partial charge in [0.25, 0.3) is 0 Å². The van der Waals surface area contributed by atoms with Crippen molar-refractivity contribution in [2.45, 2.75) is 43.9 Å². The second-order valence-electron chi connectivity index (χ2n) is 4.32. The molecule has 2 N–H and O–H groups in total. The third-order valence-corrected chi connectivity index (χ3v) is 4.05. The number of piperidine rings is 1. The van der Waals surface area contributed by atoms with Gasteiger partial charge in [-0.1, -0.05) is 25.1 Å². The molecule has 2 atom stereocenters. The van der Waals surface area contributed by atoms with E-state index in [0.29, 0.717) is 18.1 Å². The van der Waals surface area contributed by atoms with Gasteiger partial charge in [0.2, 0.25) is 11.8 Å². The van der Waals surface area contributed by atoms with Gasteiger partial charge in [0.05, 0.1) is 6.54 Å². The largest absolute Gasteiger partial charge is 0.353 e. The Hall–Kier alpha value is -1.04. The van der Waals surface area contributed by atoms with Crippen molar-refractivity contribution in [1.82, 2.24) is 10.6 Å². The summed E-state index contributed by atoms with van der Waals surface area (Å²) in [5, 5.41) is 6.84. The summed E-state index contributed by atoms with van der Waals surface area (Å²) in [4.78, 5) is 26.9. The first-order chi connectivity index (χ1) is 8.19. The van der Waals surface area contributed by atoms with Crippen molar-refractivity contribution in [2.24, 2.45) is 4.99 Å². The number of hydrogen-bond donors (Lipinski definition) is 2. The van der Waals surface area contributed by atoms with Crippen LogP contribution in [0.2, 0.25) is 0 Å². The van der Waals surface area contributed by atoms with Crippen molar-refractivity contribution < 1.29 is 9.59 Å². The number of rotatable bonds is 3. The summed E-state index contributed by atoms with van der Waals surface area (Å²) < 4.78 is 0. The van der Waals surface area contributed by atoms with Gasteiger partial charge < -0.3 is 5.32 Å². The summed E-state index contributed by atoms with van der Waals surface area (Å²) in [6, 6.07) is -0.306. The minimum atomic E-state index is -0.306. The molecular weight excluding hydrogens is 238 g/mol. The predicted octanol–water partition coefficient (Wildman–Crippen LogP) is 0.653. The van der Waals surface area contributed by atoms with E-state index in [1.165, 1.54) is 0 Å². The molecule has 2 amide bonds. The lowest BCUT2D eigenvalue weighted by Gasteiger charge is -2.22. The van der Waals surface area contributed by atoms with Crippen LogP contribution in [0.1, 0.15) is 32.6 Å². The molecule has 1 fully saturated rings. The zero-order valence-corrected chi connectivity index (χ0v) is 10.7. The summed E-state index contributed by atoms with van der Waals surface area (Å²) in [5.74, 6) is -0.415. The average molecular weight is 255 g/mol. The first-order valence-electron chi connectivity index (χ1n) is 6.00. The second-order valence-corrected chi connectivity index (χ2v) is 5.61. The van der Waals surface area contributed by atoms with Gasteiger partial charge in [-0.15, -0.1) is 0 Å². The molecule has 5 nitrogen and oxygen atoms in total. The fourth-order valence-electron chi connectivity index (χ4n) is 1.95. The highest BCUT2D eigenvalue weighted by Gasteiger charge is 2.29. The Balaban J connectivity index is 1.82. The molecule has 0 aromatic carbocycles. The van der Waals surface area contributed by atoms with Crippen molar-refractivity contribution in [2.75, 3.05) is 6.54 Å². The molecule has 2 heterocycles. The molecule has 2 aliphatic heterocycles. The van der Waals surface area contributed by atoms with E-state index in [-0.39, 0.29) is 17.9 Å². The number of amidine groups is 1. The standard InChI is InChI=1S/C11H17N3O2S/c1-2-3-7-6-12-11(17-7)13-8-4-5-9(15)14-10(8)16/h7-8H,2-6H2,1H3,(H,12,13)(H,14,15,16). The molecule has 0 aliphatic carbocycles. The van der Waals surface area contributed by atoms with Crippen LogP contribution in [0.3, 0.4) is 0 Å². The summed E-state index contributed by atoms with van der Waals surface area (Å²) in [6.07, 6.45) is 3.26. The second kappa shape index (κ2) is 5.53. The van der Waals surface area contributed by atoms with E-state index in [0.717, 1.165) is 24.6 Å². The normalized spacial score (nSPS) is 28.9. The molecule has 6 heteroatoms. The summed E-state index contributed by atoms with van der Waals surface area (Å²) in [6.45, 7) is 2.99. The zero-order valence-electron chi connectivity index (χ0n) is 9.86. The van der Waals surface area contributed by atoms with Crippen LogP contribution in [0.25, 0.3) is 0 Å². The van der Waals surface area contributed by atoms with Crippen molar-refractivity contribution in [3.05, 3.63) is 0 Å². The molecular formula is C11H17N3O2S. The van der Waals surface area contributed by atoms with Crippen molar-refractivity contribution >= 4 is 28.7 Å². The van der Waals surface area contributed by atoms with Crippen molar-refractivity contribution in [3.63, 3.8) is 0 Å². The van der Waals surface area contributed by atoms with Gasteiger partial charge in [0.1, 0.15) is 6.04 Å². The van der Waals surface area contributed by atoms with Gasteiger partial charge >= 0.3 is 0 Å². The fourth-order valence-corrected chi connectivity index (χ4v) is 3.13. The smallest absolute Gasteiger partial charge is 0.249 e. The highest BCUT2D eigenvalue weighted by molar-refractivity contribution is 8.14. The molecule has 0 spiro atoms. The van der Waals surface area contributed by atoms with Crippen LogP contribution >= 0.6 is 11.8 Å². The zero-order chi connectivity index (χ0) is 12.3. The molecule has 2 unspecified atom stereocenters. The minimum Gasteiger partial charge on any atom is -0.353 e. The van der Waals surface area contributed by atoms with E-state index in [1.807, 2.05) is 0 Å². The van der Waals surface area contributed by atoms with E-state index in [4.69, 9.17) is 0 Å². The van der Waals surface area contributed by atoms with Crippen LogP contribution in [0.5, 0.6) is 0 Å². The summed E-state index contributed by atoms with van der Waals surface area (Å²) in [5.41, 5.74) is 0. The molecule has 1 saturated heterocycles. The van der Waals surface area contributed by atoms with Crippen LogP contribution < -0.4 is 10.6 Å². The third kappa shape index (κ3) is 3.21. The number of amides is 2. The first-order valence-corrected chi connectivity index (χ1v) is 6.88. The number of thioether (sulfide) groups is 1. The molecule has 0 radical (unpaired) electrons. The highest BCUT2D eigenvalue weighted by atomic mass is 32.2. The van der Waals surface area contributed by atoms with Crippen molar-refractivity contribution in [3.8, 4) is 0 Å². The Bertz CT molecular complexity index is 357. The summed E-state index contributed by atoms with van der Waals surface area (Å²) in [7, 11) is 0. The Kier molecular flexibility index (Phi) is 4.04. The van der Waals surface area contributed by atoms with Gasteiger partial charge in [-0.25, -0.2) is 0 Å². The lowest BCUT2D eigenvalue weighted by atomic mass is 10.1. The lowest BCUT2D eigenvalue weighted by Crippen LogP contribution is -2.51. The molecule has 0 saturated carbocycles. The fraction of sp³-hybridized carbons (Fsp3) is 0.727. The van der Waals surface area contributed by atoms with Crippen LogP contribution in [0, 0.1) is 0 Å². The minimum absolute atomic E-state index is 0.182. The number of nitrogens with zero attached hydrogens (tertiary/aromatic N) is 1. The number of carbonyl (C=O) groups excluding carboxylic acids is 2. The summed E-state index contributed by atoms with van der Waals surface area (Å²) >= 11 is 1.71. The Labute approximate surface area is 105 Å². The van der Waals surface area contributed by atoms with Crippen LogP contribution in [-0.4, -0.2) is 34.8 Å². The molecule has 0 bridgehead atoms. The maximum Gasteiger partial charge on any atom is 0.249 e. The van der Waals surface area contributed by atoms with Gasteiger partial charge in [-0.2, -0.15) is 0 Å². The van der Waals surface area contributed by atoms with E-state index in [9.17, 15) is 9.59 Å². The lowest BCUT2D eigenvalue weighted by molar-refractivity contribution is -0.134. The van der Waals surface area contributed by atoms with Gasteiger partial charge in [0, 0.05) is 11.7 Å². The highest BCUT2D eigenvalue weighted by Crippen LogP contribution is 2.24. The molecule has 2 aliphatic rings. The van der Waals surface area contributed by atoms with E-state index < -0.39 is 0 Å². The van der Waals surface area contributed by atoms with Crippen LogP contribution in [-0.2, 0) is 9.59 Å². The number of imide groups is 1. The van der Waals surface area contributed by atoms with Gasteiger partial charge in [-0.3, -0.25) is 19.9 Å². The van der Waals surface area contributed by atoms with Crippen molar-refractivity contribution in [1.29, 1.82) is 0 Å². The molecule has 94 valence electrons. The monoisotopic (exact) mass is 255 g/mol. The Morgan fingerprint density at radius 1 is 1.53 bits per heavy atom. The topological polar surface area (TPSA) is 70.6 Å². The van der Waals surface area contributed by atoms with E-state index in [2.05, 4.69) is 22.5 Å². The number of carbonyl (C=O) groups is 2. The van der Waals surface area contributed by atoms with Gasteiger partial charge in [0.15, 0.2) is 5.17 Å². The maximum absolute atomic E-state index is 11.5. The maximum atomic E-state index is 11.5. The number of hydrogen-bond acceptors (Lipinski definition) is 5. The van der Waals surface area contributed by atoms with Crippen LogP contribution in [0.15, 0.2) is 4.99 Å². The quantitative estimate of drug-likeness (QED) is 0.727. The third-order valence-electron chi connectivity index (χ3n) is 2.86. The number of nitrogens with one attached hydrogen (secondary N) is 2. The van der Waals surface area contributed by atoms with Crippen LogP contribution in [0.4, 0.5) is 0 Å². The molecule has 2 rings (SSSR count). The Morgan fingerprint density at radius 3 is 3.06 bits per heavy atom. The molecule has 0 aromatic rings. The first kappa shape index (κ1) is 12.4. The SMILES string of the molecule is CCCC1CN=C(NC2CCC(=O)NC2=O)S1. The van der Waals surface area contributed by atoms with E-state index >= 15 is 0 Å². The molecule has 17 heavy (non-hydrogen) atoms. The van der Waals surface area contributed by atoms with E-state index in [1.54, 1.807) is 11.8 Å². The molecule has 0 aromatic heterocycles. The number of aliphatic imine (C=N–C) groups is 1. The van der Waals surface area contributed by atoms with Gasteiger partial charge in [-0.05, 0) is 12.8 Å². The predicted molar refractivity (Wildman–Crippen MR) is 67.9 cm³/mol. The average Bonchev–Trinajstić information content (AvgIpc) is 2.71.